The molecule has 0 aromatic carbocycles. The van der Waals surface area contributed by atoms with Crippen LogP contribution in [0.2, 0.25) is 0 Å². The van der Waals surface area contributed by atoms with E-state index < -0.39 is 5.97 Å². The first kappa shape index (κ1) is 21.1. The van der Waals surface area contributed by atoms with Crippen LogP contribution in [-0.4, -0.2) is 66.9 Å². The van der Waals surface area contributed by atoms with Gasteiger partial charge in [-0.1, -0.05) is 6.92 Å². The Kier molecular flexibility index (Phi) is 7.05. The lowest BCUT2D eigenvalue weighted by atomic mass is 10.2. The molecule has 1 N–H and O–H groups in total. The minimum Gasteiger partial charge on any atom is -0.462 e. The first-order valence-electron chi connectivity index (χ1n) is 9.66. The number of hydrogen-bond donors (Lipinski definition) is 1. The highest BCUT2D eigenvalue weighted by molar-refractivity contribution is 7.16. The van der Waals surface area contributed by atoms with Crippen LogP contribution in [0.15, 0.2) is 28.9 Å². The van der Waals surface area contributed by atoms with Crippen molar-refractivity contribution in [1.82, 2.24) is 9.80 Å². The van der Waals surface area contributed by atoms with Crippen LogP contribution in [0.3, 0.4) is 0 Å². The molecule has 0 radical (unpaired) electrons. The Morgan fingerprint density at radius 1 is 1.21 bits per heavy atom. The number of rotatable bonds is 7. The summed E-state index contributed by atoms with van der Waals surface area (Å²) in [5, 5.41) is 3.37. The van der Waals surface area contributed by atoms with E-state index in [0.29, 0.717) is 42.5 Å². The molecule has 2 aromatic heterocycles. The summed E-state index contributed by atoms with van der Waals surface area (Å²) in [5.74, 6) is -0.425. The van der Waals surface area contributed by atoms with Gasteiger partial charge in [0.05, 0.1) is 25.0 Å². The van der Waals surface area contributed by atoms with Gasteiger partial charge in [0, 0.05) is 31.1 Å². The largest absolute Gasteiger partial charge is 0.462 e. The van der Waals surface area contributed by atoms with Gasteiger partial charge in [0.1, 0.15) is 5.00 Å². The number of thiophene rings is 1. The molecule has 1 saturated heterocycles. The van der Waals surface area contributed by atoms with Crippen LogP contribution in [-0.2, 0) is 16.0 Å². The molecule has 1 aliphatic rings. The second-order valence-corrected chi connectivity index (χ2v) is 7.76. The third kappa shape index (κ3) is 5.24. The predicted molar refractivity (Wildman–Crippen MR) is 109 cm³/mol. The van der Waals surface area contributed by atoms with E-state index in [-0.39, 0.29) is 25.0 Å². The smallest absolute Gasteiger partial charge is 0.341 e. The summed E-state index contributed by atoms with van der Waals surface area (Å²) in [6.07, 6.45) is 2.26. The molecule has 29 heavy (non-hydrogen) atoms. The minimum atomic E-state index is -0.427. The summed E-state index contributed by atoms with van der Waals surface area (Å²) in [4.78, 5) is 41.7. The van der Waals surface area contributed by atoms with Gasteiger partial charge in [-0.2, -0.15) is 0 Å². The van der Waals surface area contributed by atoms with Gasteiger partial charge in [0.2, 0.25) is 5.91 Å². The summed E-state index contributed by atoms with van der Waals surface area (Å²) in [6.45, 7) is 6.47. The van der Waals surface area contributed by atoms with Crippen molar-refractivity contribution < 1.29 is 23.5 Å². The molecule has 1 aliphatic heterocycles. The van der Waals surface area contributed by atoms with Gasteiger partial charge in [-0.3, -0.25) is 14.5 Å². The molecule has 9 heteroatoms. The Balaban J connectivity index is 1.53. The summed E-state index contributed by atoms with van der Waals surface area (Å²) >= 11 is 1.39. The number of ether oxygens (including phenoxy) is 1. The number of nitrogens with one attached hydrogen (secondary N) is 1. The fourth-order valence-corrected chi connectivity index (χ4v) is 4.10. The fraction of sp³-hybridized carbons (Fsp3) is 0.450. The van der Waals surface area contributed by atoms with Crippen LogP contribution in [0.5, 0.6) is 0 Å². The first-order valence-corrected chi connectivity index (χ1v) is 10.5. The van der Waals surface area contributed by atoms with Crippen molar-refractivity contribution in [2.75, 3.05) is 44.6 Å². The Morgan fingerprint density at radius 2 is 1.97 bits per heavy atom. The molecule has 0 spiro atoms. The molecule has 3 heterocycles. The number of carbonyl (C=O) groups is 3. The molecule has 2 aromatic rings. The summed E-state index contributed by atoms with van der Waals surface area (Å²) in [5.41, 5.74) is 0.399. The molecule has 0 bridgehead atoms. The average molecular weight is 420 g/mol. The third-order valence-electron chi connectivity index (χ3n) is 4.64. The van der Waals surface area contributed by atoms with Crippen LogP contribution in [0, 0.1) is 0 Å². The second kappa shape index (κ2) is 9.71. The van der Waals surface area contributed by atoms with Crippen molar-refractivity contribution in [2.45, 2.75) is 20.3 Å². The number of esters is 1. The van der Waals surface area contributed by atoms with Crippen LogP contribution in [0.4, 0.5) is 5.00 Å². The lowest BCUT2D eigenvalue weighted by Gasteiger charge is -2.33. The van der Waals surface area contributed by atoms with E-state index >= 15 is 0 Å². The van der Waals surface area contributed by atoms with Crippen LogP contribution in [0.1, 0.15) is 39.6 Å². The highest BCUT2D eigenvalue weighted by atomic mass is 32.1. The summed E-state index contributed by atoms with van der Waals surface area (Å²) < 4.78 is 10.2. The van der Waals surface area contributed by atoms with Gasteiger partial charge >= 0.3 is 5.97 Å². The number of aryl methyl sites for hydroxylation is 1. The van der Waals surface area contributed by atoms with Crippen LogP contribution < -0.4 is 5.32 Å². The van der Waals surface area contributed by atoms with Crippen LogP contribution in [0.25, 0.3) is 0 Å². The van der Waals surface area contributed by atoms with Gasteiger partial charge in [0.25, 0.3) is 5.91 Å². The highest BCUT2D eigenvalue weighted by Gasteiger charge is 2.25. The molecule has 0 atom stereocenters. The zero-order valence-electron chi connectivity index (χ0n) is 16.6. The van der Waals surface area contributed by atoms with Crippen molar-refractivity contribution in [3.63, 3.8) is 0 Å². The quantitative estimate of drug-likeness (QED) is 0.693. The number of hydrogen-bond acceptors (Lipinski definition) is 7. The predicted octanol–water partition coefficient (Wildman–Crippen LogP) is 2.48. The van der Waals surface area contributed by atoms with Crippen molar-refractivity contribution in [2.24, 2.45) is 0 Å². The lowest BCUT2D eigenvalue weighted by Crippen LogP contribution is -2.50. The summed E-state index contributed by atoms with van der Waals surface area (Å²) in [7, 11) is 0. The van der Waals surface area contributed by atoms with Gasteiger partial charge < -0.3 is 19.4 Å². The number of piperazine rings is 1. The fourth-order valence-electron chi connectivity index (χ4n) is 3.10. The minimum absolute atomic E-state index is 0.135. The van der Waals surface area contributed by atoms with Crippen molar-refractivity contribution in [1.29, 1.82) is 0 Å². The van der Waals surface area contributed by atoms with E-state index in [2.05, 4.69) is 5.32 Å². The number of furan rings is 1. The topological polar surface area (TPSA) is 92.1 Å². The van der Waals surface area contributed by atoms with Crippen molar-refractivity contribution >= 4 is 34.1 Å². The SMILES string of the molecule is CCOC(=O)c1cc(CC)sc1NC(=O)CN1CCN(C(=O)c2ccco2)CC1. The molecule has 8 nitrogen and oxygen atoms in total. The molecule has 1 fully saturated rings. The maximum absolute atomic E-state index is 12.5. The number of nitrogens with zero attached hydrogens (tertiary/aromatic N) is 2. The van der Waals surface area contributed by atoms with Gasteiger partial charge in [-0.25, -0.2) is 4.79 Å². The van der Waals surface area contributed by atoms with Gasteiger partial charge in [-0.15, -0.1) is 11.3 Å². The molecule has 3 rings (SSSR count). The third-order valence-corrected chi connectivity index (χ3v) is 5.83. The molecule has 0 aliphatic carbocycles. The Hall–Kier alpha value is -2.65. The van der Waals surface area contributed by atoms with Crippen molar-refractivity contribution in [3.05, 3.63) is 40.7 Å². The van der Waals surface area contributed by atoms with Crippen LogP contribution >= 0.6 is 11.3 Å². The molecule has 2 amide bonds. The van der Waals surface area contributed by atoms with E-state index in [4.69, 9.17) is 9.15 Å². The Morgan fingerprint density at radius 3 is 2.59 bits per heavy atom. The number of anilines is 1. The molecular formula is C20H25N3O5S. The zero-order chi connectivity index (χ0) is 20.8. The maximum atomic E-state index is 12.5. The Bertz CT molecular complexity index is 854. The molecule has 0 saturated carbocycles. The second-order valence-electron chi connectivity index (χ2n) is 6.62. The van der Waals surface area contributed by atoms with E-state index in [1.165, 1.54) is 17.6 Å². The van der Waals surface area contributed by atoms with E-state index in [1.54, 1.807) is 30.0 Å². The van der Waals surface area contributed by atoms with Gasteiger partial charge in [0.15, 0.2) is 5.76 Å². The number of carbonyl (C=O) groups excluding carboxylic acids is 3. The monoisotopic (exact) mass is 419 g/mol. The molecule has 0 unspecified atom stereocenters. The number of amides is 2. The maximum Gasteiger partial charge on any atom is 0.341 e. The van der Waals surface area contributed by atoms with E-state index in [1.807, 2.05) is 11.8 Å². The lowest BCUT2D eigenvalue weighted by molar-refractivity contribution is -0.117. The normalized spacial score (nSPS) is 14.6. The first-order chi connectivity index (χ1) is 14.0. The molecule has 156 valence electrons. The zero-order valence-corrected chi connectivity index (χ0v) is 17.4. The highest BCUT2D eigenvalue weighted by Crippen LogP contribution is 2.29. The van der Waals surface area contributed by atoms with Gasteiger partial charge in [-0.05, 0) is 31.5 Å². The van der Waals surface area contributed by atoms with Crippen molar-refractivity contribution in [3.8, 4) is 0 Å². The standard InChI is InChI=1S/C20H25N3O5S/c1-3-14-12-15(20(26)27-4-2)18(29-14)21-17(24)13-22-7-9-23(10-8-22)19(25)16-6-5-11-28-16/h5-6,11-12H,3-4,7-10,13H2,1-2H3,(H,21,24). The van der Waals surface area contributed by atoms with E-state index in [0.717, 1.165) is 11.3 Å². The van der Waals surface area contributed by atoms with E-state index in [9.17, 15) is 14.4 Å². The average Bonchev–Trinajstić information content (AvgIpc) is 3.38. The molecular weight excluding hydrogens is 394 g/mol. The Labute approximate surface area is 173 Å². The summed E-state index contributed by atoms with van der Waals surface area (Å²) in [6, 6.07) is 5.11.